The largest absolute Gasteiger partial charge is 0.384 e. The zero-order valence-corrected chi connectivity index (χ0v) is 7.59. The zero-order chi connectivity index (χ0) is 9.84. The number of aromatic amines is 1. The number of H-pyrrole nitrogens is 1. The molecule has 0 saturated heterocycles. The molecule has 0 unspecified atom stereocenters. The quantitative estimate of drug-likeness (QED) is 0.625. The minimum absolute atomic E-state index is 0.264. The summed E-state index contributed by atoms with van der Waals surface area (Å²) in [5.41, 5.74) is 0.256. The molecule has 0 radical (unpaired) electrons. The molecule has 0 spiro atoms. The molecule has 1 aromatic heterocycles. The van der Waals surface area contributed by atoms with E-state index >= 15 is 0 Å². The normalized spacial score (nSPS) is 12.8. The maximum absolute atomic E-state index is 11.1. The summed E-state index contributed by atoms with van der Waals surface area (Å²) < 4.78 is 4.80. The molecule has 13 heavy (non-hydrogen) atoms. The van der Waals surface area contributed by atoms with Crippen LogP contribution in [-0.4, -0.2) is 24.5 Å². The third kappa shape index (κ3) is 2.06. The molecule has 1 rings (SSSR count). The Kier molecular flexibility index (Phi) is 3.02. The Balaban J connectivity index is 2.84. The van der Waals surface area contributed by atoms with Crippen molar-refractivity contribution >= 4 is 6.29 Å². The summed E-state index contributed by atoms with van der Waals surface area (Å²) in [5, 5.41) is 5.00. The fourth-order valence-electron chi connectivity index (χ4n) is 1.08. The smallest absolute Gasteiger partial charge is 0.283 e. The highest BCUT2D eigenvalue weighted by molar-refractivity contribution is 5.58. The van der Waals surface area contributed by atoms with Crippen molar-refractivity contribution in [2.24, 2.45) is 0 Å². The fourth-order valence-corrected chi connectivity index (χ4v) is 1.08. The molecule has 0 bridgehead atoms. The summed E-state index contributed by atoms with van der Waals surface area (Å²) >= 11 is 0. The minimum Gasteiger partial charge on any atom is -0.384 e. The number of aromatic nitrogens is 1. The second-order valence-corrected chi connectivity index (χ2v) is 2.80. The molecular formula is C8H12N2O3. The molecule has 1 aromatic rings. The second-order valence-electron chi connectivity index (χ2n) is 2.80. The predicted octanol–water partition coefficient (Wildman–Crippen LogP) is -0.394. The lowest BCUT2D eigenvalue weighted by Crippen LogP contribution is -2.30. The standard InChI is InChI=1S/C8H12N2O3/c1-5-7(8(12)10-13-5)3-6(4-11)9-2/h4,6,9H,3H2,1-2H3,(H,10,12)/t6-/m0/s1. The van der Waals surface area contributed by atoms with Crippen LogP contribution in [0.15, 0.2) is 9.32 Å². The van der Waals surface area contributed by atoms with Crippen LogP contribution in [0.4, 0.5) is 0 Å². The lowest BCUT2D eigenvalue weighted by Gasteiger charge is -2.05. The van der Waals surface area contributed by atoms with Crippen molar-refractivity contribution in [3.8, 4) is 0 Å². The molecular weight excluding hydrogens is 172 g/mol. The summed E-state index contributed by atoms with van der Waals surface area (Å²) in [6.07, 6.45) is 1.13. The number of rotatable bonds is 4. The molecule has 0 aliphatic heterocycles. The summed E-state index contributed by atoms with van der Waals surface area (Å²) in [7, 11) is 1.67. The Morgan fingerprint density at radius 1 is 1.69 bits per heavy atom. The van der Waals surface area contributed by atoms with E-state index in [2.05, 4.69) is 10.5 Å². The van der Waals surface area contributed by atoms with Crippen LogP contribution in [0.5, 0.6) is 0 Å². The molecule has 0 amide bonds. The van der Waals surface area contributed by atoms with Gasteiger partial charge < -0.3 is 14.6 Å². The van der Waals surface area contributed by atoms with Gasteiger partial charge in [0.05, 0.1) is 11.6 Å². The monoisotopic (exact) mass is 184 g/mol. The van der Waals surface area contributed by atoms with Gasteiger partial charge in [-0.3, -0.25) is 4.79 Å². The molecule has 5 heteroatoms. The first-order valence-electron chi connectivity index (χ1n) is 3.98. The van der Waals surface area contributed by atoms with E-state index < -0.39 is 0 Å². The van der Waals surface area contributed by atoms with E-state index in [0.29, 0.717) is 17.7 Å². The molecule has 0 fully saturated rings. The van der Waals surface area contributed by atoms with Crippen LogP contribution in [0.3, 0.4) is 0 Å². The average molecular weight is 184 g/mol. The molecule has 1 atom stereocenters. The van der Waals surface area contributed by atoms with Crippen LogP contribution in [0, 0.1) is 6.92 Å². The van der Waals surface area contributed by atoms with Crippen molar-refractivity contribution in [1.82, 2.24) is 10.5 Å². The Bertz CT molecular complexity index is 339. The Morgan fingerprint density at radius 2 is 2.38 bits per heavy atom. The van der Waals surface area contributed by atoms with Gasteiger partial charge in [-0.2, -0.15) is 5.16 Å². The van der Waals surface area contributed by atoms with E-state index in [0.717, 1.165) is 6.29 Å². The van der Waals surface area contributed by atoms with Crippen LogP contribution < -0.4 is 10.9 Å². The fraction of sp³-hybridized carbons (Fsp3) is 0.500. The highest BCUT2D eigenvalue weighted by atomic mass is 16.5. The zero-order valence-electron chi connectivity index (χ0n) is 7.59. The summed E-state index contributed by atoms with van der Waals surface area (Å²) in [5.74, 6) is 0.534. The van der Waals surface area contributed by atoms with Gasteiger partial charge in [0.15, 0.2) is 0 Å². The van der Waals surface area contributed by atoms with Crippen LogP contribution in [0.2, 0.25) is 0 Å². The summed E-state index contributed by atoms with van der Waals surface area (Å²) in [6, 6.07) is -0.336. The van der Waals surface area contributed by atoms with Gasteiger partial charge in [-0.15, -0.1) is 0 Å². The molecule has 0 aliphatic carbocycles. The number of hydrogen-bond donors (Lipinski definition) is 2. The third-order valence-electron chi connectivity index (χ3n) is 1.95. The second kappa shape index (κ2) is 4.04. The lowest BCUT2D eigenvalue weighted by atomic mass is 10.1. The Morgan fingerprint density at radius 3 is 2.77 bits per heavy atom. The van der Waals surface area contributed by atoms with Crippen molar-refractivity contribution in [3.05, 3.63) is 21.7 Å². The SMILES string of the molecule is CN[C@H](C=O)Cc1c(C)o[nH]c1=O. The van der Waals surface area contributed by atoms with E-state index in [4.69, 9.17) is 4.52 Å². The number of likely N-dealkylation sites (N-methyl/N-ethyl adjacent to an activating group) is 1. The average Bonchev–Trinajstić information content (AvgIpc) is 2.44. The number of aldehydes is 1. The van der Waals surface area contributed by atoms with E-state index in [-0.39, 0.29) is 11.6 Å². The number of carbonyl (C=O) groups is 1. The maximum Gasteiger partial charge on any atom is 0.283 e. The van der Waals surface area contributed by atoms with Gasteiger partial charge in [-0.05, 0) is 14.0 Å². The van der Waals surface area contributed by atoms with Gasteiger partial charge in [0, 0.05) is 6.42 Å². The van der Waals surface area contributed by atoms with Gasteiger partial charge in [0.1, 0.15) is 12.0 Å². The van der Waals surface area contributed by atoms with Crippen molar-refractivity contribution in [1.29, 1.82) is 0 Å². The summed E-state index contributed by atoms with van der Waals surface area (Å²) in [4.78, 5) is 21.6. The molecule has 0 aromatic carbocycles. The van der Waals surface area contributed by atoms with Gasteiger partial charge in [0.2, 0.25) is 0 Å². The van der Waals surface area contributed by atoms with Crippen molar-refractivity contribution in [2.75, 3.05) is 7.05 Å². The first-order valence-corrected chi connectivity index (χ1v) is 3.98. The highest BCUT2D eigenvalue weighted by Crippen LogP contribution is 2.02. The van der Waals surface area contributed by atoms with Gasteiger partial charge in [-0.1, -0.05) is 0 Å². The summed E-state index contributed by atoms with van der Waals surface area (Å²) in [6.45, 7) is 1.69. The number of hydrogen-bond acceptors (Lipinski definition) is 4. The Hall–Kier alpha value is -1.36. The van der Waals surface area contributed by atoms with Crippen molar-refractivity contribution < 1.29 is 9.32 Å². The highest BCUT2D eigenvalue weighted by Gasteiger charge is 2.13. The number of carbonyl (C=O) groups excluding carboxylic acids is 1. The topological polar surface area (TPSA) is 75.1 Å². The van der Waals surface area contributed by atoms with Crippen molar-refractivity contribution in [2.45, 2.75) is 19.4 Å². The predicted molar refractivity (Wildman–Crippen MR) is 46.7 cm³/mol. The maximum atomic E-state index is 11.1. The van der Waals surface area contributed by atoms with Crippen LogP contribution in [0.25, 0.3) is 0 Å². The van der Waals surface area contributed by atoms with E-state index in [1.807, 2.05) is 0 Å². The molecule has 5 nitrogen and oxygen atoms in total. The van der Waals surface area contributed by atoms with Gasteiger partial charge in [0.25, 0.3) is 5.56 Å². The van der Waals surface area contributed by atoms with E-state index in [1.165, 1.54) is 0 Å². The number of nitrogens with one attached hydrogen (secondary N) is 2. The minimum atomic E-state index is -0.336. The molecule has 0 saturated carbocycles. The Labute approximate surface area is 75.1 Å². The molecule has 2 N–H and O–H groups in total. The van der Waals surface area contributed by atoms with Crippen LogP contribution in [0.1, 0.15) is 11.3 Å². The molecule has 0 aliphatic rings. The first-order chi connectivity index (χ1) is 6.19. The van der Waals surface area contributed by atoms with Gasteiger partial charge >= 0.3 is 0 Å². The van der Waals surface area contributed by atoms with Gasteiger partial charge in [-0.25, -0.2) is 0 Å². The molecule has 72 valence electrons. The lowest BCUT2D eigenvalue weighted by molar-refractivity contribution is -0.109. The van der Waals surface area contributed by atoms with E-state index in [1.54, 1.807) is 14.0 Å². The molecule has 1 heterocycles. The van der Waals surface area contributed by atoms with Crippen LogP contribution >= 0.6 is 0 Å². The number of aryl methyl sites for hydroxylation is 1. The van der Waals surface area contributed by atoms with Crippen molar-refractivity contribution in [3.63, 3.8) is 0 Å². The first kappa shape index (κ1) is 9.73. The third-order valence-corrected chi connectivity index (χ3v) is 1.95. The van der Waals surface area contributed by atoms with Crippen LogP contribution in [-0.2, 0) is 11.2 Å². The van der Waals surface area contributed by atoms with E-state index in [9.17, 15) is 9.59 Å².